The van der Waals surface area contributed by atoms with E-state index in [2.05, 4.69) is 4.98 Å². The first-order valence-corrected chi connectivity index (χ1v) is 5.82. The van der Waals surface area contributed by atoms with Gasteiger partial charge in [0, 0.05) is 22.4 Å². The Kier molecular flexibility index (Phi) is 3.06. The van der Waals surface area contributed by atoms with Crippen LogP contribution in [0.25, 0.3) is 0 Å². The largest absolute Gasteiger partial charge is 0.265 e. The predicted molar refractivity (Wildman–Crippen MR) is 47.0 cm³/mol. The van der Waals surface area contributed by atoms with E-state index in [1.54, 1.807) is 0 Å². The average molecular weight is 242 g/mol. The molecule has 0 unspecified atom stereocenters. The summed E-state index contributed by atoms with van der Waals surface area (Å²) < 4.78 is 46.2. The number of hydrogen-bond acceptors (Lipinski definition) is 3. The molecule has 0 N–H and O–H groups in total. The van der Waals surface area contributed by atoms with Crippen molar-refractivity contribution in [2.45, 2.75) is 18.2 Å². The highest BCUT2D eigenvalue weighted by molar-refractivity contribution is 8.13. The Morgan fingerprint density at radius 3 is 2.50 bits per heavy atom. The first kappa shape index (κ1) is 11.3. The summed E-state index contributed by atoms with van der Waals surface area (Å²) in [6.07, 6.45) is -1.84. The number of rotatable bonds is 2. The van der Waals surface area contributed by atoms with E-state index in [0.717, 1.165) is 12.3 Å². The molecule has 0 spiro atoms. The van der Waals surface area contributed by atoms with E-state index in [1.165, 1.54) is 6.92 Å². The van der Waals surface area contributed by atoms with Gasteiger partial charge in [0.1, 0.15) is 4.90 Å². The van der Waals surface area contributed by atoms with Crippen LogP contribution in [0, 0.1) is 6.92 Å². The van der Waals surface area contributed by atoms with Crippen molar-refractivity contribution in [3.05, 3.63) is 23.5 Å². The van der Waals surface area contributed by atoms with Gasteiger partial charge in [-0.2, -0.15) is 0 Å². The third-order valence-electron chi connectivity index (χ3n) is 1.58. The Morgan fingerprint density at radius 2 is 2.07 bits per heavy atom. The van der Waals surface area contributed by atoms with Gasteiger partial charge in [0.15, 0.2) is 0 Å². The smallest absolute Gasteiger partial charge is 0.260 e. The molecule has 0 aliphatic heterocycles. The summed E-state index contributed by atoms with van der Waals surface area (Å²) >= 11 is 0. The third kappa shape index (κ3) is 2.39. The fraction of sp³-hybridized carbons (Fsp3) is 0.286. The number of aromatic nitrogens is 1. The van der Waals surface area contributed by atoms with Crippen LogP contribution in [0.2, 0.25) is 0 Å². The number of aryl methyl sites for hydroxylation is 1. The van der Waals surface area contributed by atoms with Crippen molar-refractivity contribution in [2.75, 3.05) is 0 Å². The Bertz CT molecular complexity index is 447. The van der Waals surface area contributed by atoms with Gasteiger partial charge in [-0.3, -0.25) is 4.98 Å². The summed E-state index contributed by atoms with van der Waals surface area (Å²) in [5, 5.41) is 0. The molecule has 0 saturated heterocycles. The minimum absolute atomic E-state index is 0.101. The number of alkyl halides is 2. The van der Waals surface area contributed by atoms with E-state index in [0.29, 0.717) is 0 Å². The first-order chi connectivity index (χ1) is 6.32. The second-order valence-corrected chi connectivity index (χ2v) is 5.13. The van der Waals surface area contributed by atoms with Gasteiger partial charge in [0.2, 0.25) is 0 Å². The predicted octanol–water partition coefficient (Wildman–Crippen LogP) is 2.26. The van der Waals surface area contributed by atoms with E-state index in [4.69, 9.17) is 10.7 Å². The van der Waals surface area contributed by atoms with Crippen molar-refractivity contribution in [3.8, 4) is 0 Å². The maximum absolute atomic E-state index is 12.2. The van der Waals surface area contributed by atoms with Gasteiger partial charge < -0.3 is 0 Å². The highest BCUT2D eigenvalue weighted by atomic mass is 35.7. The molecule has 0 aliphatic rings. The van der Waals surface area contributed by atoms with Crippen LogP contribution >= 0.6 is 10.7 Å². The number of nitrogens with zero attached hydrogens (tertiary/aromatic N) is 1. The van der Waals surface area contributed by atoms with Crippen molar-refractivity contribution >= 4 is 19.7 Å². The zero-order valence-electron chi connectivity index (χ0n) is 7.04. The Labute approximate surface area is 84.1 Å². The molecule has 1 aromatic heterocycles. The van der Waals surface area contributed by atoms with Crippen LogP contribution in [0.4, 0.5) is 8.78 Å². The Balaban J connectivity index is 3.37. The lowest BCUT2D eigenvalue weighted by molar-refractivity contribution is 0.150. The molecule has 1 heterocycles. The van der Waals surface area contributed by atoms with Gasteiger partial charge in [0.25, 0.3) is 15.5 Å². The lowest BCUT2D eigenvalue weighted by atomic mass is 10.2. The summed E-state index contributed by atoms with van der Waals surface area (Å²) in [7, 11) is 1.01. The number of pyridine rings is 1. The van der Waals surface area contributed by atoms with E-state index >= 15 is 0 Å². The quantitative estimate of drug-likeness (QED) is 0.746. The maximum Gasteiger partial charge on any atom is 0.265 e. The van der Waals surface area contributed by atoms with E-state index in [9.17, 15) is 17.2 Å². The van der Waals surface area contributed by atoms with Gasteiger partial charge in [0.05, 0.1) is 5.69 Å². The van der Waals surface area contributed by atoms with Crippen LogP contribution in [0.5, 0.6) is 0 Å². The van der Waals surface area contributed by atoms with Crippen LogP contribution < -0.4 is 0 Å². The van der Waals surface area contributed by atoms with Crippen LogP contribution in [0.1, 0.15) is 17.7 Å². The topological polar surface area (TPSA) is 47.0 Å². The summed E-state index contributed by atoms with van der Waals surface area (Å²) in [4.78, 5) is 3.15. The lowest BCUT2D eigenvalue weighted by Gasteiger charge is -2.03. The standard InChI is InChI=1S/C7H6ClF2NO2S/c1-4-6(14(8,12)13)2-5(3-11-4)7(9)10/h2-3,7H,1H3. The molecule has 0 bridgehead atoms. The second kappa shape index (κ2) is 3.78. The molecule has 0 aliphatic carbocycles. The van der Waals surface area contributed by atoms with E-state index in [1.807, 2.05) is 0 Å². The zero-order valence-corrected chi connectivity index (χ0v) is 8.61. The molecule has 0 saturated carbocycles. The molecule has 7 heteroatoms. The molecule has 0 amide bonds. The molecule has 0 atom stereocenters. The number of hydrogen-bond donors (Lipinski definition) is 0. The van der Waals surface area contributed by atoms with Gasteiger partial charge >= 0.3 is 0 Å². The monoisotopic (exact) mass is 241 g/mol. The third-order valence-corrected chi connectivity index (χ3v) is 3.01. The Hall–Kier alpha value is -0.750. The molecule has 3 nitrogen and oxygen atoms in total. The van der Waals surface area contributed by atoms with Crippen molar-refractivity contribution in [1.82, 2.24) is 4.98 Å². The molecule has 78 valence electrons. The van der Waals surface area contributed by atoms with Crippen molar-refractivity contribution in [1.29, 1.82) is 0 Å². The van der Waals surface area contributed by atoms with Gasteiger partial charge in [-0.1, -0.05) is 0 Å². The minimum Gasteiger partial charge on any atom is -0.260 e. The summed E-state index contributed by atoms with van der Waals surface area (Å²) in [5.41, 5.74) is -0.362. The zero-order chi connectivity index (χ0) is 10.9. The normalized spacial score (nSPS) is 12.1. The number of halogens is 3. The fourth-order valence-electron chi connectivity index (χ4n) is 0.894. The second-order valence-electron chi connectivity index (χ2n) is 2.59. The van der Waals surface area contributed by atoms with Crippen LogP contribution in [0.15, 0.2) is 17.2 Å². The van der Waals surface area contributed by atoms with Crippen molar-refractivity contribution < 1.29 is 17.2 Å². The highest BCUT2D eigenvalue weighted by Gasteiger charge is 2.18. The van der Waals surface area contributed by atoms with Crippen LogP contribution in [0.3, 0.4) is 0 Å². The summed E-state index contributed by atoms with van der Waals surface area (Å²) in [5.74, 6) is 0. The molecular formula is C7H6ClF2NO2S. The molecular weight excluding hydrogens is 236 g/mol. The average Bonchev–Trinajstić information content (AvgIpc) is 2.02. The Morgan fingerprint density at radius 1 is 1.50 bits per heavy atom. The van der Waals surface area contributed by atoms with Gasteiger partial charge in [-0.25, -0.2) is 17.2 Å². The lowest BCUT2D eigenvalue weighted by Crippen LogP contribution is -1.99. The van der Waals surface area contributed by atoms with Crippen molar-refractivity contribution in [3.63, 3.8) is 0 Å². The van der Waals surface area contributed by atoms with E-state index in [-0.39, 0.29) is 10.6 Å². The maximum atomic E-state index is 12.2. The summed E-state index contributed by atoms with van der Waals surface area (Å²) in [6.45, 7) is 1.38. The van der Waals surface area contributed by atoms with Gasteiger partial charge in [-0.15, -0.1) is 0 Å². The molecule has 0 fully saturated rings. The fourth-order valence-corrected chi connectivity index (χ4v) is 2.05. The molecule has 1 aromatic rings. The van der Waals surface area contributed by atoms with Gasteiger partial charge in [-0.05, 0) is 13.0 Å². The van der Waals surface area contributed by atoms with Crippen LogP contribution in [-0.4, -0.2) is 13.4 Å². The molecule has 1 rings (SSSR count). The molecule has 0 radical (unpaired) electrons. The summed E-state index contributed by atoms with van der Waals surface area (Å²) in [6, 6.07) is 0.829. The highest BCUT2D eigenvalue weighted by Crippen LogP contribution is 2.24. The minimum atomic E-state index is -4.01. The first-order valence-electron chi connectivity index (χ1n) is 3.51. The SMILES string of the molecule is Cc1ncc(C(F)F)cc1S(=O)(=O)Cl. The van der Waals surface area contributed by atoms with E-state index < -0.39 is 21.0 Å². The molecule has 14 heavy (non-hydrogen) atoms. The van der Waals surface area contributed by atoms with Crippen molar-refractivity contribution in [2.24, 2.45) is 0 Å². The molecule has 0 aromatic carbocycles. The van der Waals surface area contributed by atoms with Crippen LogP contribution in [-0.2, 0) is 9.05 Å².